The van der Waals surface area contributed by atoms with Crippen molar-refractivity contribution >= 4 is 39.0 Å². The fourth-order valence-corrected chi connectivity index (χ4v) is 4.28. The fraction of sp³-hybridized carbons (Fsp3) is 0.167. The van der Waals surface area contributed by atoms with E-state index < -0.39 is 6.10 Å². The Morgan fingerprint density at radius 2 is 1.97 bits per heavy atom. The summed E-state index contributed by atoms with van der Waals surface area (Å²) in [5.74, 6) is 0.540. The fourth-order valence-electron chi connectivity index (χ4n) is 3.23. The number of hydrogen-bond donors (Lipinski definition) is 4. The van der Waals surface area contributed by atoms with E-state index in [1.165, 1.54) is 6.26 Å². The van der Waals surface area contributed by atoms with Gasteiger partial charge in [-0.1, -0.05) is 30.3 Å². The van der Waals surface area contributed by atoms with Crippen molar-refractivity contribution in [1.82, 2.24) is 10.6 Å². The second-order valence-electron chi connectivity index (χ2n) is 7.14. The molecular formula is C24H24N4O3S. The molecule has 8 heteroatoms. The number of carbonyl (C=O) groups excluding carboxylic acids is 1. The molecule has 0 spiro atoms. The van der Waals surface area contributed by atoms with Crippen LogP contribution in [-0.4, -0.2) is 30.6 Å². The number of hydrogen-bond acceptors (Lipinski definition) is 5. The maximum atomic E-state index is 12.1. The Morgan fingerprint density at radius 1 is 1.09 bits per heavy atom. The second kappa shape index (κ2) is 10.1. The normalized spacial score (nSPS) is 12.5. The van der Waals surface area contributed by atoms with Gasteiger partial charge in [0.05, 0.1) is 6.26 Å². The Morgan fingerprint density at radius 3 is 2.75 bits per heavy atom. The standard InChI is InChI=1S/C24H24N4O3S/c1-25-24(27-15-19(29)22-13-17-7-2-3-10-21(17)32-22)26-14-16-6-4-8-18(12-16)28-23(30)20-9-5-11-31-20/h2-13,19,29H,14-15H2,1H3,(H,28,30)(H2,25,26,27). The van der Waals surface area contributed by atoms with Crippen LogP contribution in [0, 0.1) is 0 Å². The first-order valence-electron chi connectivity index (χ1n) is 10.2. The molecule has 4 rings (SSSR count). The van der Waals surface area contributed by atoms with Crippen molar-refractivity contribution in [3.8, 4) is 0 Å². The molecule has 2 aromatic carbocycles. The Bertz CT molecular complexity index is 1180. The summed E-state index contributed by atoms with van der Waals surface area (Å²) in [6.07, 6.45) is 0.831. The number of thiophene rings is 1. The Labute approximate surface area is 189 Å². The maximum Gasteiger partial charge on any atom is 0.291 e. The first-order valence-corrected chi connectivity index (χ1v) is 11.0. The largest absolute Gasteiger partial charge is 0.459 e. The highest BCUT2D eigenvalue weighted by Crippen LogP contribution is 2.29. The van der Waals surface area contributed by atoms with Gasteiger partial charge < -0.3 is 25.5 Å². The van der Waals surface area contributed by atoms with Crippen molar-refractivity contribution in [3.05, 3.63) is 89.2 Å². The van der Waals surface area contributed by atoms with E-state index in [1.807, 2.05) is 48.5 Å². The molecule has 2 heterocycles. The SMILES string of the molecule is CN=C(NCc1cccc(NC(=O)c2ccco2)c1)NCC(O)c1cc2ccccc2s1. The van der Waals surface area contributed by atoms with E-state index in [1.54, 1.807) is 30.5 Å². The van der Waals surface area contributed by atoms with E-state index in [4.69, 9.17) is 4.42 Å². The number of aliphatic imine (C=N–C) groups is 1. The predicted molar refractivity (Wildman–Crippen MR) is 128 cm³/mol. The van der Waals surface area contributed by atoms with Crippen LogP contribution in [0.4, 0.5) is 5.69 Å². The molecule has 7 nitrogen and oxygen atoms in total. The van der Waals surface area contributed by atoms with Crippen molar-refractivity contribution in [2.24, 2.45) is 4.99 Å². The summed E-state index contributed by atoms with van der Waals surface area (Å²) in [6.45, 7) is 0.842. The van der Waals surface area contributed by atoms with Crippen LogP contribution < -0.4 is 16.0 Å². The van der Waals surface area contributed by atoms with Gasteiger partial charge in [-0.3, -0.25) is 9.79 Å². The van der Waals surface area contributed by atoms with Crippen LogP contribution in [0.5, 0.6) is 0 Å². The highest BCUT2D eigenvalue weighted by molar-refractivity contribution is 7.19. The van der Waals surface area contributed by atoms with Gasteiger partial charge >= 0.3 is 0 Å². The van der Waals surface area contributed by atoms with Crippen molar-refractivity contribution in [1.29, 1.82) is 0 Å². The van der Waals surface area contributed by atoms with E-state index >= 15 is 0 Å². The number of guanidine groups is 1. The van der Waals surface area contributed by atoms with E-state index in [2.05, 4.69) is 27.0 Å². The average molecular weight is 449 g/mol. The average Bonchev–Trinajstić information content (AvgIpc) is 3.49. The van der Waals surface area contributed by atoms with Crippen LogP contribution in [-0.2, 0) is 6.54 Å². The molecule has 164 valence electrons. The lowest BCUT2D eigenvalue weighted by atomic mass is 10.2. The molecule has 0 aliphatic rings. The van der Waals surface area contributed by atoms with Gasteiger partial charge in [0.15, 0.2) is 11.7 Å². The minimum absolute atomic E-state index is 0.260. The van der Waals surface area contributed by atoms with Crippen LogP contribution in [0.25, 0.3) is 10.1 Å². The summed E-state index contributed by atoms with van der Waals surface area (Å²) in [5.41, 5.74) is 1.64. The monoisotopic (exact) mass is 448 g/mol. The zero-order valence-corrected chi connectivity index (χ0v) is 18.4. The molecule has 4 aromatic rings. The van der Waals surface area contributed by atoms with Gasteiger partial charge in [0.1, 0.15) is 6.10 Å². The summed E-state index contributed by atoms with van der Waals surface area (Å²) in [5, 5.41) is 20.9. The summed E-state index contributed by atoms with van der Waals surface area (Å²) in [7, 11) is 1.68. The summed E-state index contributed by atoms with van der Waals surface area (Å²) >= 11 is 1.59. The molecule has 1 unspecified atom stereocenters. The Balaban J connectivity index is 1.30. The van der Waals surface area contributed by atoms with E-state index in [0.29, 0.717) is 24.7 Å². The van der Waals surface area contributed by atoms with Crippen molar-refractivity contribution < 1.29 is 14.3 Å². The first-order chi connectivity index (χ1) is 15.6. The molecule has 32 heavy (non-hydrogen) atoms. The molecule has 2 aromatic heterocycles. The summed E-state index contributed by atoms with van der Waals surface area (Å²) < 4.78 is 6.27. The van der Waals surface area contributed by atoms with Crippen LogP contribution in [0.3, 0.4) is 0 Å². The summed E-state index contributed by atoms with van der Waals surface area (Å²) in [4.78, 5) is 17.3. The first kappa shape index (κ1) is 21.6. The van der Waals surface area contributed by atoms with E-state index in [9.17, 15) is 9.90 Å². The number of carbonyl (C=O) groups is 1. The molecule has 0 saturated carbocycles. The van der Waals surface area contributed by atoms with Gasteiger partial charge in [-0.2, -0.15) is 0 Å². The molecule has 4 N–H and O–H groups in total. The smallest absolute Gasteiger partial charge is 0.291 e. The van der Waals surface area contributed by atoms with E-state index in [-0.39, 0.29) is 11.7 Å². The Hall–Kier alpha value is -3.62. The molecule has 0 aliphatic heterocycles. The van der Waals surface area contributed by atoms with Gasteiger partial charge in [0.25, 0.3) is 5.91 Å². The third-order valence-electron chi connectivity index (χ3n) is 4.85. The third kappa shape index (κ3) is 5.35. The van der Waals surface area contributed by atoms with Crippen LogP contribution >= 0.6 is 11.3 Å². The number of amides is 1. The topological polar surface area (TPSA) is 98.9 Å². The maximum absolute atomic E-state index is 12.1. The number of anilines is 1. The number of aliphatic hydroxyl groups excluding tert-OH is 1. The molecule has 1 atom stereocenters. The molecule has 0 fully saturated rings. The van der Waals surface area contributed by atoms with Crippen molar-refractivity contribution in [2.45, 2.75) is 12.6 Å². The lowest BCUT2D eigenvalue weighted by Crippen LogP contribution is -2.38. The third-order valence-corrected chi connectivity index (χ3v) is 6.07. The second-order valence-corrected chi connectivity index (χ2v) is 8.26. The number of nitrogens with zero attached hydrogens (tertiary/aromatic N) is 1. The van der Waals surface area contributed by atoms with Crippen molar-refractivity contribution in [3.63, 3.8) is 0 Å². The quantitative estimate of drug-likeness (QED) is 0.252. The number of aliphatic hydroxyl groups is 1. The van der Waals surface area contributed by atoms with Crippen molar-refractivity contribution in [2.75, 3.05) is 18.9 Å². The number of rotatable bonds is 7. The van der Waals surface area contributed by atoms with Crippen LogP contribution in [0.2, 0.25) is 0 Å². The minimum atomic E-state index is -0.633. The lowest BCUT2D eigenvalue weighted by Gasteiger charge is -2.15. The van der Waals surface area contributed by atoms with Gasteiger partial charge in [-0.05, 0) is 47.3 Å². The molecule has 1 amide bonds. The van der Waals surface area contributed by atoms with Crippen LogP contribution in [0.1, 0.15) is 27.1 Å². The zero-order valence-electron chi connectivity index (χ0n) is 17.5. The molecule has 0 radical (unpaired) electrons. The lowest BCUT2D eigenvalue weighted by molar-refractivity contribution is 0.0996. The summed E-state index contributed by atoms with van der Waals surface area (Å²) in [6, 6.07) is 20.9. The van der Waals surface area contributed by atoms with Crippen LogP contribution in [0.15, 0.2) is 82.4 Å². The molecule has 0 bridgehead atoms. The van der Waals surface area contributed by atoms with Gasteiger partial charge in [0.2, 0.25) is 0 Å². The van der Waals surface area contributed by atoms with Gasteiger partial charge in [-0.15, -0.1) is 11.3 Å². The molecule has 0 aliphatic carbocycles. The van der Waals surface area contributed by atoms with Gasteiger partial charge in [-0.25, -0.2) is 0 Å². The van der Waals surface area contributed by atoms with E-state index in [0.717, 1.165) is 20.5 Å². The number of nitrogens with one attached hydrogen (secondary N) is 3. The predicted octanol–water partition coefficient (Wildman–Crippen LogP) is 4.15. The highest BCUT2D eigenvalue weighted by atomic mass is 32.1. The highest BCUT2D eigenvalue weighted by Gasteiger charge is 2.12. The molecule has 0 saturated heterocycles. The number of fused-ring (bicyclic) bond motifs is 1. The number of benzene rings is 2. The number of furan rings is 1. The zero-order chi connectivity index (χ0) is 22.3. The van der Waals surface area contributed by atoms with Gasteiger partial charge in [0, 0.05) is 35.4 Å². The molecular weight excluding hydrogens is 424 g/mol. The Kier molecular flexibility index (Phi) is 6.84. The minimum Gasteiger partial charge on any atom is -0.459 e.